The van der Waals surface area contributed by atoms with Crippen LogP contribution >= 0.6 is 0 Å². The van der Waals surface area contributed by atoms with Crippen molar-refractivity contribution in [3.05, 3.63) is 29.3 Å². The van der Waals surface area contributed by atoms with Crippen molar-refractivity contribution in [1.29, 1.82) is 0 Å². The van der Waals surface area contributed by atoms with E-state index in [0.29, 0.717) is 6.54 Å². The third-order valence-corrected chi connectivity index (χ3v) is 2.59. The van der Waals surface area contributed by atoms with Crippen LogP contribution in [0.3, 0.4) is 0 Å². The smallest absolute Gasteiger partial charge is 0.222 e. The molecule has 0 spiro atoms. The van der Waals surface area contributed by atoms with Crippen molar-refractivity contribution in [3.8, 4) is 5.75 Å². The molecule has 0 radical (unpaired) electrons. The first-order valence-electron chi connectivity index (χ1n) is 6.44. The predicted octanol–water partition coefficient (Wildman–Crippen LogP) is 3.05. The molecule has 3 heteroatoms. The Hall–Kier alpha value is -1.51. The quantitative estimate of drug-likeness (QED) is 0.871. The van der Waals surface area contributed by atoms with E-state index in [1.54, 1.807) is 0 Å². The Morgan fingerprint density at radius 3 is 2.44 bits per heavy atom. The van der Waals surface area contributed by atoms with Crippen molar-refractivity contribution >= 4 is 5.91 Å². The second kappa shape index (κ2) is 6.43. The van der Waals surface area contributed by atoms with Crippen LogP contribution < -0.4 is 10.1 Å². The summed E-state index contributed by atoms with van der Waals surface area (Å²) in [6.45, 7) is 10.4. The zero-order valence-corrected chi connectivity index (χ0v) is 11.9. The molecule has 0 saturated heterocycles. The first-order valence-corrected chi connectivity index (χ1v) is 6.44. The summed E-state index contributed by atoms with van der Waals surface area (Å²) in [5, 5.41) is 2.91. The van der Waals surface area contributed by atoms with Gasteiger partial charge in [0.1, 0.15) is 5.75 Å². The van der Waals surface area contributed by atoms with Gasteiger partial charge in [-0.15, -0.1) is 0 Å². The monoisotopic (exact) mass is 249 g/mol. The number of rotatable bonds is 5. The summed E-state index contributed by atoms with van der Waals surface area (Å²) in [6.07, 6.45) is 0.176. The highest BCUT2D eigenvalue weighted by Gasteiger charge is 2.07. The van der Waals surface area contributed by atoms with Gasteiger partial charge in [0.15, 0.2) is 0 Å². The molecule has 1 aromatic carbocycles. The molecule has 0 bridgehead atoms. The van der Waals surface area contributed by atoms with Gasteiger partial charge in [-0.2, -0.15) is 0 Å². The van der Waals surface area contributed by atoms with Gasteiger partial charge in [0.05, 0.1) is 6.10 Å². The van der Waals surface area contributed by atoms with Crippen molar-refractivity contribution in [3.63, 3.8) is 0 Å². The molecule has 3 nitrogen and oxygen atoms in total. The largest absolute Gasteiger partial charge is 0.491 e. The van der Waals surface area contributed by atoms with Gasteiger partial charge in [0.2, 0.25) is 5.91 Å². The van der Waals surface area contributed by atoms with Crippen molar-refractivity contribution in [1.82, 2.24) is 5.32 Å². The molecular weight excluding hydrogens is 226 g/mol. The van der Waals surface area contributed by atoms with Gasteiger partial charge in [-0.3, -0.25) is 4.79 Å². The standard InChI is InChI=1S/C15H23NO2/c1-10(2)15(17)16-9-13-6-7-14(12(5)8-13)18-11(3)4/h6-8,10-11H,9H2,1-5H3,(H,16,17). The molecule has 1 rings (SSSR count). The first kappa shape index (κ1) is 14.6. The van der Waals surface area contributed by atoms with E-state index in [9.17, 15) is 4.79 Å². The molecule has 0 fully saturated rings. The molecule has 0 aliphatic heterocycles. The molecule has 100 valence electrons. The summed E-state index contributed by atoms with van der Waals surface area (Å²) < 4.78 is 5.68. The van der Waals surface area contributed by atoms with Gasteiger partial charge in [-0.05, 0) is 38.0 Å². The van der Waals surface area contributed by atoms with Crippen LogP contribution in [-0.4, -0.2) is 12.0 Å². The molecule has 0 saturated carbocycles. The van der Waals surface area contributed by atoms with Gasteiger partial charge in [-0.1, -0.05) is 26.0 Å². The highest BCUT2D eigenvalue weighted by Crippen LogP contribution is 2.20. The van der Waals surface area contributed by atoms with Crippen LogP contribution in [0.25, 0.3) is 0 Å². The molecule has 0 unspecified atom stereocenters. The van der Waals surface area contributed by atoms with Gasteiger partial charge >= 0.3 is 0 Å². The number of nitrogens with one attached hydrogen (secondary N) is 1. The SMILES string of the molecule is Cc1cc(CNC(=O)C(C)C)ccc1OC(C)C. The normalized spacial score (nSPS) is 10.8. The van der Waals surface area contributed by atoms with Gasteiger partial charge in [0, 0.05) is 12.5 Å². The number of ether oxygens (including phenoxy) is 1. The average Bonchev–Trinajstić information content (AvgIpc) is 2.28. The molecule has 1 amide bonds. The van der Waals surface area contributed by atoms with E-state index < -0.39 is 0 Å². The number of hydrogen-bond acceptors (Lipinski definition) is 2. The van der Waals surface area contributed by atoms with E-state index in [0.717, 1.165) is 16.9 Å². The third kappa shape index (κ3) is 4.40. The summed E-state index contributed by atoms with van der Waals surface area (Å²) in [4.78, 5) is 11.5. The van der Waals surface area contributed by atoms with Crippen LogP contribution in [0.2, 0.25) is 0 Å². The predicted molar refractivity (Wildman–Crippen MR) is 73.6 cm³/mol. The molecular formula is C15H23NO2. The van der Waals surface area contributed by atoms with Crippen LogP contribution in [0.4, 0.5) is 0 Å². The second-order valence-electron chi connectivity index (χ2n) is 5.14. The Kier molecular flexibility index (Phi) is 5.20. The molecule has 0 atom stereocenters. The molecule has 0 aliphatic carbocycles. The first-order chi connectivity index (χ1) is 8.40. The lowest BCUT2D eigenvalue weighted by atomic mass is 10.1. The van der Waals surface area contributed by atoms with Crippen LogP contribution in [0.5, 0.6) is 5.75 Å². The minimum absolute atomic E-state index is 0.0228. The minimum atomic E-state index is 0.0228. The Morgan fingerprint density at radius 2 is 1.94 bits per heavy atom. The lowest BCUT2D eigenvalue weighted by molar-refractivity contribution is -0.124. The topological polar surface area (TPSA) is 38.3 Å². The minimum Gasteiger partial charge on any atom is -0.491 e. The van der Waals surface area contributed by atoms with Crippen LogP contribution in [0.15, 0.2) is 18.2 Å². The summed E-state index contributed by atoms with van der Waals surface area (Å²) in [5.41, 5.74) is 2.19. The molecule has 1 aromatic rings. The summed E-state index contributed by atoms with van der Waals surface area (Å²) >= 11 is 0. The van der Waals surface area contributed by atoms with E-state index in [2.05, 4.69) is 11.4 Å². The molecule has 1 N–H and O–H groups in total. The average molecular weight is 249 g/mol. The number of aryl methyl sites for hydroxylation is 1. The van der Waals surface area contributed by atoms with Crippen LogP contribution in [-0.2, 0) is 11.3 Å². The number of benzene rings is 1. The third-order valence-electron chi connectivity index (χ3n) is 2.59. The summed E-state index contributed by atoms with van der Waals surface area (Å²) in [7, 11) is 0. The van der Waals surface area contributed by atoms with Gasteiger partial charge < -0.3 is 10.1 Å². The lowest BCUT2D eigenvalue weighted by Gasteiger charge is -2.14. The van der Waals surface area contributed by atoms with Crippen LogP contribution in [0, 0.1) is 12.8 Å². The Bertz CT molecular complexity index is 411. The molecule has 0 aromatic heterocycles. The highest BCUT2D eigenvalue weighted by molar-refractivity contribution is 5.77. The van der Waals surface area contributed by atoms with E-state index in [4.69, 9.17) is 4.74 Å². The fourth-order valence-electron chi connectivity index (χ4n) is 1.60. The fourth-order valence-corrected chi connectivity index (χ4v) is 1.60. The van der Waals surface area contributed by atoms with E-state index in [-0.39, 0.29) is 17.9 Å². The zero-order valence-electron chi connectivity index (χ0n) is 11.9. The Labute approximate surface area is 110 Å². The lowest BCUT2D eigenvalue weighted by Crippen LogP contribution is -2.27. The second-order valence-corrected chi connectivity index (χ2v) is 5.14. The fraction of sp³-hybridized carbons (Fsp3) is 0.533. The van der Waals surface area contributed by atoms with E-state index in [1.807, 2.05) is 46.8 Å². The maximum Gasteiger partial charge on any atom is 0.222 e. The number of carbonyl (C=O) groups is 1. The number of carbonyl (C=O) groups excluding carboxylic acids is 1. The Balaban J connectivity index is 2.64. The maximum absolute atomic E-state index is 11.5. The highest BCUT2D eigenvalue weighted by atomic mass is 16.5. The van der Waals surface area contributed by atoms with Crippen molar-refractivity contribution in [2.75, 3.05) is 0 Å². The summed E-state index contributed by atoms with van der Waals surface area (Å²) in [6, 6.07) is 6.01. The molecule has 0 aliphatic rings. The van der Waals surface area contributed by atoms with Crippen molar-refractivity contribution in [2.45, 2.75) is 47.3 Å². The Morgan fingerprint density at radius 1 is 1.28 bits per heavy atom. The summed E-state index contributed by atoms with van der Waals surface area (Å²) in [5.74, 6) is 1.01. The molecule has 0 heterocycles. The number of hydrogen-bond donors (Lipinski definition) is 1. The van der Waals surface area contributed by atoms with E-state index >= 15 is 0 Å². The zero-order chi connectivity index (χ0) is 13.7. The maximum atomic E-state index is 11.5. The van der Waals surface area contributed by atoms with Crippen LogP contribution in [0.1, 0.15) is 38.8 Å². The molecule has 18 heavy (non-hydrogen) atoms. The van der Waals surface area contributed by atoms with Crippen molar-refractivity contribution in [2.24, 2.45) is 5.92 Å². The van der Waals surface area contributed by atoms with E-state index in [1.165, 1.54) is 0 Å². The van der Waals surface area contributed by atoms with Gasteiger partial charge in [-0.25, -0.2) is 0 Å². The number of amides is 1. The van der Waals surface area contributed by atoms with Gasteiger partial charge in [0.25, 0.3) is 0 Å². The van der Waals surface area contributed by atoms with Crippen molar-refractivity contribution < 1.29 is 9.53 Å².